The van der Waals surface area contributed by atoms with Gasteiger partial charge in [-0.2, -0.15) is 0 Å². The summed E-state index contributed by atoms with van der Waals surface area (Å²) in [6.07, 6.45) is 1.90. The Morgan fingerprint density at radius 3 is 2.38 bits per heavy atom. The molecule has 1 aliphatic heterocycles. The third-order valence-electron chi connectivity index (χ3n) is 5.05. The number of carbonyl (C=O) groups is 1. The Balaban J connectivity index is 1.54. The largest absolute Gasteiger partial charge is 0.355 e. The number of rotatable bonds is 6. The summed E-state index contributed by atoms with van der Waals surface area (Å²) in [5.41, 5.74) is 6.67. The first-order valence-corrected chi connectivity index (χ1v) is 9.56. The van der Waals surface area contributed by atoms with Crippen LogP contribution < -0.4 is 15.8 Å². The lowest BCUT2D eigenvalue weighted by Gasteiger charge is -2.29. The third-order valence-corrected chi connectivity index (χ3v) is 5.05. The second-order valence-electron chi connectivity index (χ2n) is 6.97. The Labute approximate surface area is 181 Å². The number of carbonyl (C=O) groups excluding carboxylic acids is 1. The van der Waals surface area contributed by atoms with Crippen LogP contribution in [0.3, 0.4) is 0 Å². The number of amides is 1. The molecule has 0 aliphatic carbocycles. The van der Waals surface area contributed by atoms with Gasteiger partial charge in [-0.15, -0.1) is 0 Å². The van der Waals surface area contributed by atoms with Crippen LogP contribution >= 0.6 is 0 Å². The average molecular weight is 435 g/mol. The molecule has 4 rings (SSSR count). The first-order chi connectivity index (χ1) is 15.4. The molecule has 12 nitrogen and oxygen atoms in total. The van der Waals surface area contributed by atoms with Gasteiger partial charge in [-0.05, 0) is 29.7 Å². The van der Waals surface area contributed by atoms with E-state index in [4.69, 9.17) is 0 Å². The molecule has 1 amide bonds. The number of benzene rings is 2. The molecule has 0 saturated heterocycles. The van der Waals surface area contributed by atoms with Crippen LogP contribution in [-0.4, -0.2) is 32.3 Å². The van der Waals surface area contributed by atoms with E-state index >= 15 is 0 Å². The summed E-state index contributed by atoms with van der Waals surface area (Å²) >= 11 is 0. The van der Waals surface area contributed by atoms with Gasteiger partial charge in [0.05, 0.1) is 9.85 Å². The zero-order chi connectivity index (χ0) is 22.7. The van der Waals surface area contributed by atoms with Crippen molar-refractivity contribution < 1.29 is 14.6 Å². The van der Waals surface area contributed by atoms with Crippen molar-refractivity contribution in [2.24, 2.45) is 0 Å². The fourth-order valence-corrected chi connectivity index (χ4v) is 3.46. The third kappa shape index (κ3) is 4.14. The molecule has 162 valence electrons. The number of hydrogen-bond donors (Lipinski definition) is 2. The van der Waals surface area contributed by atoms with Crippen LogP contribution in [0.25, 0.3) is 0 Å². The zero-order valence-electron chi connectivity index (χ0n) is 16.6. The number of anilines is 2. The van der Waals surface area contributed by atoms with Crippen molar-refractivity contribution in [3.05, 3.63) is 91.8 Å². The molecule has 3 aromatic rings. The highest BCUT2D eigenvalue weighted by Gasteiger charge is 2.29. The summed E-state index contributed by atoms with van der Waals surface area (Å²) in [6.45, 7) is 1.01. The Bertz CT molecular complexity index is 1200. The van der Waals surface area contributed by atoms with E-state index < -0.39 is 15.8 Å². The van der Waals surface area contributed by atoms with Crippen molar-refractivity contribution in [3.63, 3.8) is 0 Å². The number of fused-ring (bicyclic) bond motifs is 1. The molecule has 0 spiro atoms. The summed E-state index contributed by atoms with van der Waals surface area (Å²) in [7, 11) is 0. The van der Waals surface area contributed by atoms with Crippen LogP contribution in [0, 0.1) is 20.2 Å². The number of non-ortho nitro benzene ring substituents is 1. The van der Waals surface area contributed by atoms with Gasteiger partial charge >= 0.3 is 5.69 Å². The van der Waals surface area contributed by atoms with Crippen molar-refractivity contribution >= 4 is 28.9 Å². The number of nitro benzene ring substituents is 1. The first kappa shape index (κ1) is 20.7. The lowest BCUT2D eigenvalue weighted by molar-refractivity contribution is -0.384. The zero-order valence-corrected chi connectivity index (χ0v) is 16.6. The maximum absolute atomic E-state index is 12.3. The van der Waals surface area contributed by atoms with Gasteiger partial charge in [0.2, 0.25) is 11.6 Å². The normalized spacial score (nSPS) is 12.6. The van der Waals surface area contributed by atoms with Gasteiger partial charge in [0.15, 0.2) is 0 Å². The van der Waals surface area contributed by atoms with Gasteiger partial charge in [0.25, 0.3) is 11.6 Å². The molecule has 32 heavy (non-hydrogen) atoms. The van der Waals surface area contributed by atoms with Crippen molar-refractivity contribution in [1.29, 1.82) is 0 Å². The molecule has 0 bridgehead atoms. The number of aromatic nitrogens is 2. The van der Waals surface area contributed by atoms with Crippen LogP contribution in [0.2, 0.25) is 0 Å². The first-order valence-electron chi connectivity index (χ1n) is 9.56. The molecular formula is C20H17N7O5. The molecule has 0 saturated carbocycles. The molecule has 0 atom stereocenters. The summed E-state index contributed by atoms with van der Waals surface area (Å²) in [4.78, 5) is 43.6. The van der Waals surface area contributed by atoms with Gasteiger partial charge in [0.1, 0.15) is 6.33 Å². The number of hydrogen-bond acceptors (Lipinski definition) is 9. The molecule has 2 heterocycles. The molecule has 1 aliphatic rings. The maximum atomic E-state index is 12.3. The molecule has 0 unspecified atom stereocenters. The molecule has 1 aromatic heterocycles. The highest BCUT2D eigenvalue weighted by Crippen LogP contribution is 2.34. The molecule has 2 N–H and O–H groups in total. The Kier molecular flexibility index (Phi) is 5.57. The van der Waals surface area contributed by atoms with Crippen LogP contribution in [0.5, 0.6) is 0 Å². The number of nitrogens with one attached hydrogen (secondary N) is 2. The Hall–Kier alpha value is -4.61. The number of nitro groups is 2. The fraction of sp³-hybridized carbons (Fsp3) is 0.150. The van der Waals surface area contributed by atoms with Gasteiger partial charge in [-0.25, -0.2) is 9.97 Å². The van der Waals surface area contributed by atoms with Crippen LogP contribution in [0.4, 0.5) is 23.0 Å². The van der Waals surface area contributed by atoms with Crippen molar-refractivity contribution in [3.8, 4) is 0 Å². The summed E-state index contributed by atoms with van der Waals surface area (Å²) in [5, 5.41) is 22.6. The van der Waals surface area contributed by atoms with Crippen LogP contribution in [-0.2, 0) is 13.0 Å². The lowest BCUT2D eigenvalue weighted by atomic mass is 10.00. The standard InChI is InChI=1S/C20H17N7O5/c28-20(14-5-7-16(8-6-14)26(29)30)24-23-18-17(27(31)32)19(22-12-21-18)25-10-9-13-3-1-2-4-15(13)11-25/h1-8,12H,9-11H2,(H,24,28)(H,21,22,23). The van der Waals surface area contributed by atoms with E-state index in [0.29, 0.717) is 13.1 Å². The highest BCUT2D eigenvalue weighted by atomic mass is 16.6. The number of hydrazine groups is 1. The average Bonchev–Trinajstić information content (AvgIpc) is 2.81. The fourth-order valence-electron chi connectivity index (χ4n) is 3.46. The Morgan fingerprint density at radius 1 is 0.969 bits per heavy atom. The lowest BCUT2D eigenvalue weighted by Crippen LogP contribution is -2.33. The van der Waals surface area contributed by atoms with E-state index in [1.165, 1.54) is 36.2 Å². The predicted molar refractivity (Wildman–Crippen MR) is 114 cm³/mol. The topological polar surface area (TPSA) is 156 Å². The summed E-state index contributed by atoms with van der Waals surface area (Å²) in [6, 6.07) is 12.8. The van der Waals surface area contributed by atoms with Gasteiger partial charge in [0, 0.05) is 30.8 Å². The summed E-state index contributed by atoms with van der Waals surface area (Å²) in [5.74, 6) is -0.665. The monoisotopic (exact) mass is 435 g/mol. The van der Waals surface area contributed by atoms with E-state index in [1.807, 2.05) is 24.3 Å². The van der Waals surface area contributed by atoms with Crippen molar-refractivity contribution in [2.75, 3.05) is 16.9 Å². The molecule has 0 radical (unpaired) electrons. The molecule has 0 fully saturated rings. The maximum Gasteiger partial charge on any atom is 0.355 e. The van der Waals surface area contributed by atoms with Gasteiger partial charge in [-0.1, -0.05) is 24.3 Å². The second kappa shape index (κ2) is 8.63. The number of nitrogens with zero attached hydrogens (tertiary/aromatic N) is 5. The SMILES string of the molecule is O=C(NNc1ncnc(N2CCc3ccccc3C2)c1[N+](=O)[O-])c1ccc([N+](=O)[O-])cc1. The molecule has 12 heteroatoms. The van der Waals surface area contributed by atoms with Crippen molar-refractivity contribution in [2.45, 2.75) is 13.0 Å². The van der Waals surface area contributed by atoms with E-state index in [9.17, 15) is 25.0 Å². The van der Waals surface area contributed by atoms with Gasteiger partial charge < -0.3 is 4.90 Å². The summed E-state index contributed by atoms with van der Waals surface area (Å²) < 4.78 is 0. The minimum atomic E-state index is -0.638. The molecular weight excluding hydrogens is 418 g/mol. The van der Waals surface area contributed by atoms with Crippen molar-refractivity contribution in [1.82, 2.24) is 15.4 Å². The van der Waals surface area contributed by atoms with E-state index in [1.54, 1.807) is 4.90 Å². The Morgan fingerprint density at radius 2 is 1.69 bits per heavy atom. The van der Waals surface area contributed by atoms with E-state index in [2.05, 4.69) is 20.8 Å². The van der Waals surface area contributed by atoms with E-state index in [-0.39, 0.29) is 28.6 Å². The highest BCUT2D eigenvalue weighted by molar-refractivity contribution is 5.95. The molecule has 2 aromatic carbocycles. The minimum absolute atomic E-state index is 0.132. The van der Waals surface area contributed by atoms with Crippen LogP contribution in [0.1, 0.15) is 21.5 Å². The quantitative estimate of drug-likeness (QED) is 0.439. The second-order valence-corrected chi connectivity index (χ2v) is 6.97. The smallest absolute Gasteiger partial charge is 0.346 e. The van der Waals surface area contributed by atoms with E-state index in [0.717, 1.165) is 12.0 Å². The van der Waals surface area contributed by atoms with Crippen LogP contribution in [0.15, 0.2) is 54.9 Å². The van der Waals surface area contributed by atoms with Gasteiger partial charge in [-0.3, -0.25) is 35.9 Å². The predicted octanol–water partition coefficient (Wildman–Crippen LogP) is 2.61. The minimum Gasteiger partial charge on any atom is -0.346 e.